The lowest BCUT2D eigenvalue weighted by Crippen LogP contribution is -1.73. The molecule has 202 valence electrons. The smallest absolute Gasteiger partial charge is 0.265 e. The zero-order chi connectivity index (χ0) is 29.1. The number of para-hydroxylation sites is 1. The predicted molar refractivity (Wildman–Crippen MR) is 146 cm³/mol. The molecule has 1 aromatic carbocycles. The van der Waals surface area contributed by atoms with Gasteiger partial charge in [-0.1, -0.05) is 36.9 Å². The Labute approximate surface area is 233 Å². The number of benzene rings is 1. The fraction of sp³-hybridized carbons (Fsp3) is 0. The summed E-state index contributed by atoms with van der Waals surface area (Å²) in [5, 5.41) is 22.1. The largest absolute Gasteiger partial charge is 0.431 e. The van der Waals surface area contributed by atoms with E-state index in [0.717, 1.165) is 5.52 Å². The van der Waals surface area contributed by atoms with Gasteiger partial charge < -0.3 is 9.26 Å². The minimum absolute atomic E-state index is 0.157. The van der Waals surface area contributed by atoms with Crippen LogP contribution >= 0.6 is 0 Å². The Bertz CT molecular complexity index is 1370. The van der Waals surface area contributed by atoms with Gasteiger partial charge >= 0.3 is 0 Å². The van der Waals surface area contributed by atoms with Crippen LogP contribution in [0.4, 0.5) is 5.82 Å². The molecule has 0 saturated heterocycles. The second kappa shape index (κ2) is 21.4. The topological polar surface area (TPSA) is 202 Å². The normalized spacial score (nSPS) is 8.44. The van der Waals surface area contributed by atoms with Gasteiger partial charge in [0.25, 0.3) is 5.82 Å². The molecule has 0 saturated carbocycles. The SMILES string of the molecule is [C-]#[N+]c1[nH]cnc1C#N.c1ccc2ncccc2c1.c1ccncc1.c1nc[nH]n1.c1ncncn1.c1nnco1. The van der Waals surface area contributed by atoms with Gasteiger partial charge in [-0.15, -0.1) is 10.2 Å². The number of aromatic nitrogens is 12. The average Bonchev–Trinajstić information content (AvgIpc) is 3.90. The van der Waals surface area contributed by atoms with E-state index in [-0.39, 0.29) is 11.5 Å². The van der Waals surface area contributed by atoms with Gasteiger partial charge in [-0.3, -0.25) is 20.1 Å². The first-order chi connectivity index (χ1) is 20.3. The van der Waals surface area contributed by atoms with Crippen molar-refractivity contribution in [1.29, 1.82) is 5.26 Å². The number of nitrogens with one attached hydrogen (secondary N) is 2. The highest BCUT2D eigenvalue weighted by atomic mass is 16.3. The van der Waals surface area contributed by atoms with Crippen LogP contribution in [0, 0.1) is 17.9 Å². The van der Waals surface area contributed by atoms with Crippen LogP contribution in [0.1, 0.15) is 5.69 Å². The van der Waals surface area contributed by atoms with Gasteiger partial charge in [-0.2, -0.15) is 10.4 Å². The summed E-state index contributed by atoms with van der Waals surface area (Å²) in [6.07, 6.45) is 16.4. The van der Waals surface area contributed by atoms with Crippen LogP contribution in [0.5, 0.6) is 0 Å². The lowest BCUT2D eigenvalue weighted by molar-refractivity contribution is 0.553. The van der Waals surface area contributed by atoms with Crippen LogP contribution in [0.2, 0.25) is 0 Å². The monoisotopic (exact) mass is 546 g/mol. The molecule has 0 aliphatic rings. The predicted octanol–water partition coefficient (Wildman–Crippen LogP) is 3.89. The zero-order valence-corrected chi connectivity index (χ0v) is 21.3. The standard InChI is InChI=1S/C9H7N.C5H2N4.C5H5N.C3H3N3.C2H3N3.C2H2N2O/c1-2-6-9-8(4-1)5-3-7-10-9;1-7-5-4(2-6)8-3-9-5;1-2-4-6-5-3-1;1-4-2-6-3-5-1;1-3-2-5-4-1;1-3-4-2-5-1/h1-7H;3H,(H,8,9);1-5H;1-3H;1-2H,(H,3,4,5);1-2H. The van der Waals surface area contributed by atoms with Crippen molar-refractivity contribution in [2.75, 3.05) is 0 Å². The second-order valence-corrected chi connectivity index (χ2v) is 6.57. The van der Waals surface area contributed by atoms with Gasteiger partial charge in [0.1, 0.15) is 37.7 Å². The molecule has 0 unspecified atom stereocenters. The van der Waals surface area contributed by atoms with Gasteiger partial charge in [-0.25, -0.2) is 24.9 Å². The van der Waals surface area contributed by atoms with E-state index >= 15 is 0 Å². The summed E-state index contributed by atoms with van der Waals surface area (Å²) in [6, 6.07) is 19.6. The molecule has 0 bridgehead atoms. The van der Waals surface area contributed by atoms with E-state index in [9.17, 15) is 0 Å². The maximum Gasteiger partial charge on any atom is 0.265 e. The molecular weight excluding hydrogens is 524 g/mol. The van der Waals surface area contributed by atoms with Crippen molar-refractivity contribution in [1.82, 2.24) is 60.3 Å². The summed E-state index contributed by atoms with van der Waals surface area (Å²) in [4.78, 5) is 31.3. The van der Waals surface area contributed by atoms with Crippen LogP contribution in [0.15, 0.2) is 128 Å². The lowest BCUT2D eigenvalue weighted by Gasteiger charge is -1.91. The molecular formula is C26H22N14O. The molecule has 7 aromatic rings. The third-order valence-corrected chi connectivity index (χ3v) is 3.93. The number of pyridine rings is 2. The van der Waals surface area contributed by atoms with Crippen LogP contribution < -0.4 is 0 Å². The van der Waals surface area contributed by atoms with Crippen molar-refractivity contribution < 1.29 is 4.42 Å². The molecule has 6 heterocycles. The zero-order valence-electron chi connectivity index (χ0n) is 21.3. The summed E-state index contributed by atoms with van der Waals surface area (Å²) in [5.41, 5.74) is 1.22. The van der Waals surface area contributed by atoms with E-state index in [1.54, 1.807) is 18.5 Å². The summed E-state index contributed by atoms with van der Waals surface area (Å²) in [5.74, 6) is 0.206. The number of hydrogen-bond donors (Lipinski definition) is 2. The van der Waals surface area contributed by atoms with Crippen molar-refractivity contribution in [3.05, 3.63) is 141 Å². The number of hydrogen-bond acceptors (Lipinski definition) is 12. The van der Waals surface area contributed by atoms with Crippen molar-refractivity contribution in [2.24, 2.45) is 0 Å². The lowest BCUT2D eigenvalue weighted by atomic mass is 10.2. The third-order valence-electron chi connectivity index (χ3n) is 3.93. The summed E-state index contributed by atoms with van der Waals surface area (Å²) < 4.78 is 4.36. The Morgan fingerprint density at radius 3 is 1.85 bits per heavy atom. The van der Waals surface area contributed by atoms with Crippen molar-refractivity contribution in [2.45, 2.75) is 0 Å². The van der Waals surface area contributed by atoms with Crippen molar-refractivity contribution in [3.63, 3.8) is 0 Å². The first-order valence-electron chi connectivity index (χ1n) is 11.3. The number of H-pyrrole nitrogens is 2. The molecule has 0 radical (unpaired) electrons. The van der Waals surface area contributed by atoms with Crippen LogP contribution in [-0.4, -0.2) is 60.3 Å². The maximum atomic E-state index is 8.26. The minimum atomic E-state index is 0.157. The number of fused-ring (bicyclic) bond motifs is 1. The molecule has 6 aromatic heterocycles. The van der Waals surface area contributed by atoms with E-state index < -0.39 is 0 Å². The third kappa shape index (κ3) is 14.6. The quantitative estimate of drug-likeness (QED) is 0.260. The van der Waals surface area contributed by atoms with E-state index in [1.165, 1.54) is 56.1 Å². The molecule has 15 heteroatoms. The van der Waals surface area contributed by atoms with Crippen molar-refractivity contribution in [3.8, 4) is 6.07 Å². The number of rotatable bonds is 0. The molecule has 0 spiro atoms. The van der Waals surface area contributed by atoms with Gasteiger partial charge in [0.05, 0.1) is 5.52 Å². The highest BCUT2D eigenvalue weighted by molar-refractivity contribution is 5.77. The first-order valence-corrected chi connectivity index (χ1v) is 11.3. The minimum Gasteiger partial charge on any atom is -0.431 e. The number of aromatic amines is 2. The summed E-state index contributed by atoms with van der Waals surface area (Å²) in [6.45, 7) is 6.51. The van der Waals surface area contributed by atoms with Crippen LogP contribution in [0.25, 0.3) is 15.7 Å². The molecule has 0 fully saturated rings. The molecule has 0 aliphatic carbocycles. The molecule has 0 atom stereocenters. The molecule has 41 heavy (non-hydrogen) atoms. The van der Waals surface area contributed by atoms with Crippen LogP contribution in [-0.2, 0) is 0 Å². The Morgan fingerprint density at radius 1 is 0.732 bits per heavy atom. The highest BCUT2D eigenvalue weighted by Crippen LogP contribution is 2.10. The van der Waals surface area contributed by atoms with E-state index in [4.69, 9.17) is 11.8 Å². The van der Waals surface area contributed by atoms with Crippen LogP contribution in [0.3, 0.4) is 0 Å². The van der Waals surface area contributed by atoms with E-state index in [0.29, 0.717) is 0 Å². The first kappa shape index (κ1) is 30.5. The Balaban J connectivity index is 0.000000176. The molecule has 0 aliphatic heterocycles. The number of nitriles is 1. The number of imidazole rings is 1. The van der Waals surface area contributed by atoms with Crippen molar-refractivity contribution >= 4 is 16.7 Å². The summed E-state index contributed by atoms with van der Waals surface area (Å²) in [7, 11) is 0. The Morgan fingerprint density at radius 2 is 1.44 bits per heavy atom. The molecule has 0 amide bonds. The number of nitrogens with zero attached hydrogens (tertiary/aromatic N) is 12. The van der Waals surface area contributed by atoms with E-state index in [1.807, 2.05) is 48.7 Å². The Kier molecular flexibility index (Phi) is 15.9. The molecule has 15 nitrogen and oxygen atoms in total. The van der Waals surface area contributed by atoms with Gasteiger partial charge in [0, 0.05) is 24.0 Å². The van der Waals surface area contributed by atoms with Gasteiger partial charge in [-0.05, 0) is 24.3 Å². The second-order valence-electron chi connectivity index (χ2n) is 6.57. The van der Waals surface area contributed by atoms with Gasteiger partial charge in [0.15, 0.2) is 12.0 Å². The molecule has 2 N–H and O–H groups in total. The molecule has 7 rings (SSSR count). The van der Waals surface area contributed by atoms with E-state index in [2.05, 4.69) is 81.7 Å². The summed E-state index contributed by atoms with van der Waals surface area (Å²) >= 11 is 0. The fourth-order valence-corrected chi connectivity index (χ4v) is 2.29. The Hall–Kier alpha value is -6.74. The average molecular weight is 547 g/mol. The maximum absolute atomic E-state index is 8.26. The fourth-order valence-electron chi connectivity index (χ4n) is 2.29. The van der Waals surface area contributed by atoms with Gasteiger partial charge in [0.2, 0.25) is 12.8 Å². The highest BCUT2D eigenvalue weighted by Gasteiger charge is 2.00.